The van der Waals surface area contributed by atoms with E-state index < -0.39 is 0 Å². The Morgan fingerprint density at radius 1 is 1.31 bits per heavy atom. The van der Waals surface area contributed by atoms with Crippen molar-refractivity contribution in [2.45, 2.75) is 33.1 Å². The maximum Gasteiger partial charge on any atom is 0.125 e. The molecule has 3 nitrogen and oxygen atoms in total. The molecule has 16 heavy (non-hydrogen) atoms. The summed E-state index contributed by atoms with van der Waals surface area (Å²) in [6, 6.07) is 4.26. The molecule has 0 fully saturated rings. The van der Waals surface area contributed by atoms with Crippen molar-refractivity contribution in [3.05, 3.63) is 28.8 Å². The number of aryl methyl sites for hydroxylation is 1. The SMILES string of the molecule is COc1c(C(C)C)ccc(C)c1CCON. The van der Waals surface area contributed by atoms with E-state index in [1.807, 2.05) is 0 Å². The molecule has 90 valence electrons. The van der Waals surface area contributed by atoms with E-state index in [9.17, 15) is 0 Å². The molecule has 0 atom stereocenters. The van der Waals surface area contributed by atoms with Gasteiger partial charge in [0.05, 0.1) is 13.7 Å². The first-order valence-corrected chi connectivity index (χ1v) is 5.59. The molecule has 0 saturated carbocycles. The molecule has 0 radical (unpaired) electrons. The lowest BCUT2D eigenvalue weighted by Gasteiger charge is -2.17. The predicted molar refractivity (Wildman–Crippen MR) is 65.7 cm³/mol. The van der Waals surface area contributed by atoms with Crippen molar-refractivity contribution >= 4 is 0 Å². The molecule has 0 spiro atoms. The number of hydrogen-bond acceptors (Lipinski definition) is 3. The number of rotatable bonds is 5. The Morgan fingerprint density at radius 3 is 2.50 bits per heavy atom. The van der Waals surface area contributed by atoms with Crippen LogP contribution in [-0.4, -0.2) is 13.7 Å². The first-order valence-electron chi connectivity index (χ1n) is 5.59. The highest BCUT2D eigenvalue weighted by Gasteiger charge is 2.13. The van der Waals surface area contributed by atoms with Gasteiger partial charge >= 0.3 is 0 Å². The van der Waals surface area contributed by atoms with E-state index in [4.69, 9.17) is 10.6 Å². The van der Waals surface area contributed by atoms with Crippen LogP contribution in [0.4, 0.5) is 0 Å². The summed E-state index contributed by atoms with van der Waals surface area (Å²) >= 11 is 0. The molecule has 0 bridgehead atoms. The zero-order chi connectivity index (χ0) is 12.1. The minimum atomic E-state index is 0.452. The van der Waals surface area contributed by atoms with Crippen LogP contribution < -0.4 is 10.6 Å². The topological polar surface area (TPSA) is 44.5 Å². The molecular formula is C13H21NO2. The molecular weight excluding hydrogens is 202 g/mol. The fourth-order valence-electron chi connectivity index (χ4n) is 1.91. The van der Waals surface area contributed by atoms with Crippen molar-refractivity contribution in [2.24, 2.45) is 5.90 Å². The standard InChI is InChI=1S/C13H21NO2/c1-9(2)11-6-5-10(3)12(7-8-16-14)13(11)15-4/h5-6,9H,7-8,14H2,1-4H3. The summed E-state index contributed by atoms with van der Waals surface area (Å²) in [6.07, 6.45) is 0.784. The zero-order valence-corrected chi connectivity index (χ0v) is 10.5. The normalized spacial score (nSPS) is 10.9. The molecule has 0 saturated heterocycles. The summed E-state index contributed by atoms with van der Waals surface area (Å²) in [4.78, 5) is 4.65. The van der Waals surface area contributed by atoms with Gasteiger partial charge in [-0.25, -0.2) is 5.90 Å². The summed E-state index contributed by atoms with van der Waals surface area (Å²) in [5.41, 5.74) is 3.65. The van der Waals surface area contributed by atoms with Crippen LogP contribution >= 0.6 is 0 Å². The Hall–Kier alpha value is -1.06. The van der Waals surface area contributed by atoms with Gasteiger partial charge in [0.25, 0.3) is 0 Å². The Labute approximate surface area is 97.5 Å². The van der Waals surface area contributed by atoms with Gasteiger partial charge in [-0.2, -0.15) is 0 Å². The summed E-state index contributed by atoms with van der Waals surface area (Å²) < 4.78 is 5.52. The third kappa shape index (κ3) is 2.74. The lowest BCUT2D eigenvalue weighted by Crippen LogP contribution is -2.08. The molecule has 1 rings (SSSR count). The fourth-order valence-corrected chi connectivity index (χ4v) is 1.91. The van der Waals surface area contributed by atoms with Gasteiger partial charge in [-0.3, -0.25) is 0 Å². The number of ether oxygens (including phenoxy) is 1. The average Bonchev–Trinajstić information content (AvgIpc) is 2.26. The summed E-state index contributed by atoms with van der Waals surface area (Å²) in [5.74, 6) is 6.51. The van der Waals surface area contributed by atoms with Crippen LogP contribution in [-0.2, 0) is 11.3 Å². The van der Waals surface area contributed by atoms with E-state index in [-0.39, 0.29) is 0 Å². The fraction of sp³-hybridized carbons (Fsp3) is 0.538. The molecule has 2 N–H and O–H groups in total. The molecule has 0 unspecified atom stereocenters. The Morgan fingerprint density at radius 2 is 2.00 bits per heavy atom. The van der Waals surface area contributed by atoms with E-state index in [1.54, 1.807) is 7.11 Å². The van der Waals surface area contributed by atoms with Gasteiger partial charge in [-0.1, -0.05) is 26.0 Å². The second kappa shape index (κ2) is 5.87. The summed E-state index contributed by atoms with van der Waals surface area (Å²) in [5, 5.41) is 0. The maximum atomic E-state index is 5.52. The molecule has 0 aliphatic heterocycles. The quantitative estimate of drug-likeness (QED) is 0.780. The maximum absolute atomic E-state index is 5.52. The van der Waals surface area contributed by atoms with Crippen LogP contribution in [0.2, 0.25) is 0 Å². The van der Waals surface area contributed by atoms with E-state index >= 15 is 0 Å². The number of nitrogens with two attached hydrogens (primary N) is 1. The average molecular weight is 223 g/mol. The number of benzene rings is 1. The van der Waals surface area contributed by atoms with E-state index in [1.165, 1.54) is 16.7 Å². The smallest absolute Gasteiger partial charge is 0.125 e. The van der Waals surface area contributed by atoms with Gasteiger partial charge in [-0.05, 0) is 29.5 Å². The van der Waals surface area contributed by atoms with E-state index in [0.717, 1.165) is 12.2 Å². The third-order valence-electron chi connectivity index (χ3n) is 2.82. The molecule has 0 aromatic heterocycles. The van der Waals surface area contributed by atoms with Crippen LogP contribution in [0.15, 0.2) is 12.1 Å². The van der Waals surface area contributed by atoms with Crippen molar-refractivity contribution in [1.29, 1.82) is 0 Å². The first kappa shape index (κ1) is 13.0. The second-order valence-electron chi connectivity index (χ2n) is 4.26. The van der Waals surface area contributed by atoms with Crippen molar-refractivity contribution < 1.29 is 9.57 Å². The largest absolute Gasteiger partial charge is 0.496 e. The lowest BCUT2D eigenvalue weighted by molar-refractivity contribution is 0.140. The van der Waals surface area contributed by atoms with Gasteiger partial charge in [0.1, 0.15) is 5.75 Å². The van der Waals surface area contributed by atoms with Crippen LogP contribution in [0.5, 0.6) is 5.75 Å². The Bertz CT molecular complexity index is 348. The zero-order valence-electron chi connectivity index (χ0n) is 10.5. The lowest BCUT2D eigenvalue weighted by atomic mass is 9.94. The van der Waals surface area contributed by atoms with Crippen LogP contribution in [0.25, 0.3) is 0 Å². The minimum Gasteiger partial charge on any atom is -0.496 e. The summed E-state index contributed by atoms with van der Waals surface area (Å²) in [6.45, 7) is 6.92. The molecule has 0 heterocycles. The van der Waals surface area contributed by atoms with Crippen molar-refractivity contribution in [3.8, 4) is 5.75 Å². The molecule has 1 aromatic rings. The predicted octanol–water partition coefficient (Wildman–Crippen LogP) is 2.56. The van der Waals surface area contributed by atoms with Crippen molar-refractivity contribution in [2.75, 3.05) is 13.7 Å². The summed E-state index contributed by atoms with van der Waals surface area (Å²) in [7, 11) is 1.72. The number of hydrogen-bond donors (Lipinski definition) is 1. The molecule has 0 amide bonds. The van der Waals surface area contributed by atoms with Crippen LogP contribution in [0.1, 0.15) is 36.5 Å². The van der Waals surface area contributed by atoms with Gasteiger partial charge < -0.3 is 9.57 Å². The Kier molecular flexibility index (Phi) is 4.77. The second-order valence-corrected chi connectivity index (χ2v) is 4.26. The van der Waals surface area contributed by atoms with Gasteiger partial charge in [0, 0.05) is 6.42 Å². The highest BCUT2D eigenvalue weighted by Crippen LogP contribution is 2.32. The molecule has 3 heteroatoms. The van der Waals surface area contributed by atoms with Gasteiger partial charge in [-0.15, -0.1) is 0 Å². The number of methoxy groups -OCH3 is 1. The highest BCUT2D eigenvalue weighted by atomic mass is 16.6. The van der Waals surface area contributed by atoms with E-state index in [0.29, 0.717) is 12.5 Å². The Balaban J connectivity index is 3.16. The highest BCUT2D eigenvalue weighted by molar-refractivity contribution is 5.47. The van der Waals surface area contributed by atoms with Gasteiger partial charge in [0.2, 0.25) is 0 Å². The van der Waals surface area contributed by atoms with Crippen molar-refractivity contribution in [3.63, 3.8) is 0 Å². The minimum absolute atomic E-state index is 0.452. The molecule has 0 aliphatic carbocycles. The van der Waals surface area contributed by atoms with E-state index in [2.05, 4.69) is 37.7 Å². The molecule has 1 aromatic carbocycles. The van der Waals surface area contributed by atoms with Crippen LogP contribution in [0, 0.1) is 6.92 Å². The molecule has 0 aliphatic rings. The van der Waals surface area contributed by atoms with Crippen LogP contribution in [0.3, 0.4) is 0 Å². The third-order valence-corrected chi connectivity index (χ3v) is 2.82. The first-order chi connectivity index (χ1) is 7.61. The van der Waals surface area contributed by atoms with Crippen molar-refractivity contribution in [1.82, 2.24) is 0 Å². The van der Waals surface area contributed by atoms with Gasteiger partial charge in [0.15, 0.2) is 0 Å². The monoisotopic (exact) mass is 223 g/mol.